The lowest BCUT2D eigenvalue weighted by Crippen LogP contribution is -2.19. The van der Waals surface area contributed by atoms with Crippen LogP contribution in [-0.2, 0) is 0 Å². The van der Waals surface area contributed by atoms with E-state index < -0.39 is 0 Å². The number of aryl methyl sites for hydroxylation is 1. The second kappa shape index (κ2) is 6.60. The van der Waals surface area contributed by atoms with Crippen LogP contribution < -0.4 is 10.3 Å². The summed E-state index contributed by atoms with van der Waals surface area (Å²) in [7, 11) is 0. The summed E-state index contributed by atoms with van der Waals surface area (Å²) in [4.78, 5) is 2.12. The van der Waals surface area contributed by atoms with Gasteiger partial charge in [-0.25, -0.2) is 4.39 Å². The Hall–Kier alpha value is -2.36. The van der Waals surface area contributed by atoms with E-state index in [4.69, 9.17) is 0 Å². The molecule has 0 saturated carbocycles. The van der Waals surface area contributed by atoms with Crippen molar-refractivity contribution in [2.75, 3.05) is 23.4 Å². The lowest BCUT2D eigenvalue weighted by atomic mass is 10.1. The second-order valence-electron chi connectivity index (χ2n) is 5.59. The molecule has 0 amide bonds. The molecule has 1 N–H and O–H groups in total. The summed E-state index contributed by atoms with van der Waals surface area (Å²) >= 11 is 0. The number of hydrogen-bond acceptors (Lipinski definition) is 3. The SMILES string of the molecule is Cc1cc(N2CCCC2)c(F)cc1/C=N\Nc1ccccc1. The van der Waals surface area contributed by atoms with Crippen LogP contribution in [0.1, 0.15) is 24.0 Å². The van der Waals surface area contributed by atoms with Crippen molar-refractivity contribution < 1.29 is 4.39 Å². The molecule has 1 saturated heterocycles. The summed E-state index contributed by atoms with van der Waals surface area (Å²) in [5.74, 6) is -0.173. The molecular weight excluding hydrogens is 277 g/mol. The van der Waals surface area contributed by atoms with Gasteiger partial charge in [-0.2, -0.15) is 5.10 Å². The minimum atomic E-state index is -0.173. The van der Waals surface area contributed by atoms with Crippen LogP contribution in [0, 0.1) is 12.7 Å². The monoisotopic (exact) mass is 297 g/mol. The lowest BCUT2D eigenvalue weighted by Gasteiger charge is -2.19. The van der Waals surface area contributed by atoms with Gasteiger partial charge in [0.2, 0.25) is 0 Å². The highest BCUT2D eigenvalue weighted by Crippen LogP contribution is 2.26. The lowest BCUT2D eigenvalue weighted by molar-refractivity contribution is 0.622. The molecule has 1 aliphatic rings. The van der Waals surface area contributed by atoms with Crippen molar-refractivity contribution >= 4 is 17.6 Å². The Balaban J connectivity index is 1.75. The van der Waals surface area contributed by atoms with Crippen LogP contribution in [0.15, 0.2) is 47.6 Å². The summed E-state index contributed by atoms with van der Waals surface area (Å²) in [5.41, 5.74) is 6.39. The van der Waals surface area contributed by atoms with Crippen LogP contribution >= 0.6 is 0 Å². The van der Waals surface area contributed by atoms with Gasteiger partial charge in [-0.1, -0.05) is 18.2 Å². The van der Waals surface area contributed by atoms with Gasteiger partial charge in [-0.15, -0.1) is 0 Å². The molecule has 22 heavy (non-hydrogen) atoms. The van der Waals surface area contributed by atoms with Crippen LogP contribution in [0.25, 0.3) is 0 Å². The van der Waals surface area contributed by atoms with Crippen LogP contribution in [-0.4, -0.2) is 19.3 Å². The Kier molecular flexibility index (Phi) is 4.37. The van der Waals surface area contributed by atoms with Crippen LogP contribution in [0.2, 0.25) is 0 Å². The van der Waals surface area contributed by atoms with Crippen molar-refractivity contribution in [3.05, 3.63) is 59.4 Å². The van der Waals surface area contributed by atoms with E-state index in [-0.39, 0.29) is 5.82 Å². The summed E-state index contributed by atoms with van der Waals surface area (Å²) in [6.45, 7) is 3.88. The van der Waals surface area contributed by atoms with Crippen LogP contribution in [0.4, 0.5) is 15.8 Å². The van der Waals surface area contributed by atoms with Gasteiger partial charge in [0.15, 0.2) is 0 Å². The number of halogens is 1. The molecule has 1 fully saturated rings. The molecule has 0 bridgehead atoms. The first-order valence-corrected chi connectivity index (χ1v) is 7.63. The van der Waals surface area contributed by atoms with Crippen molar-refractivity contribution in [1.29, 1.82) is 0 Å². The standard InChI is InChI=1S/C18H20FN3/c1-14-11-18(22-9-5-6-10-22)17(19)12-15(14)13-20-21-16-7-3-2-4-8-16/h2-4,7-8,11-13,21H,5-6,9-10H2,1H3/b20-13-. The number of anilines is 2. The molecule has 1 aliphatic heterocycles. The number of hydrogen-bond donors (Lipinski definition) is 1. The number of rotatable bonds is 4. The van der Waals surface area contributed by atoms with E-state index in [2.05, 4.69) is 15.4 Å². The maximum absolute atomic E-state index is 14.3. The van der Waals surface area contributed by atoms with Gasteiger partial charge in [-0.05, 0) is 49.6 Å². The Labute approximate surface area is 130 Å². The smallest absolute Gasteiger partial charge is 0.147 e. The maximum Gasteiger partial charge on any atom is 0.147 e. The van der Waals surface area contributed by atoms with Crippen LogP contribution in [0.3, 0.4) is 0 Å². The summed E-state index contributed by atoms with van der Waals surface area (Å²) in [5, 5.41) is 4.19. The first-order valence-electron chi connectivity index (χ1n) is 7.63. The van der Waals surface area contributed by atoms with Gasteiger partial charge in [0, 0.05) is 18.7 Å². The van der Waals surface area contributed by atoms with Crippen molar-refractivity contribution in [3.8, 4) is 0 Å². The fourth-order valence-electron chi connectivity index (χ4n) is 2.71. The predicted molar refractivity (Wildman–Crippen MR) is 90.2 cm³/mol. The molecule has 114 valence electrons. The van der Waals surface area contributed by atoms with Crippen molar-refractivity contribution in [1.82, 2.24) is 0 Å². The number of nitrogens with one attached hydrogen (secondary N) is 1. The third-order valence-electron chi connectivity index (χ3n) is 3.95. The number of hydrazone groups is 1. The third kappa shape index (κ3) is 3.27. The molecule has 1 heterocycles. The maximum atomic E-state index is 14.3. The number of benzene rings is 2. The zero-order valence-electron chi connectivity index (χ0n) is 12.7. The molecule has 2 aromatic rings. The average Bonchev–Trinajstić information content (AvgIpc) is 3.05. The second-order valence-corrected chi connectivity index (χ2v) is 5.59. The largest absolute Gasteiger partial charge is 0.369 e. The zero-order chi connectivity index (χ0) is 15.4. The summed E-state index contributed by atoms with van der Waals surface area (Å²) in [6, 6.07) is 13.2. The normalized spacial score (nSPS) is 14.7. The Bertz CT molecular complexity index is 662. The fourth-order valence-corrected chi connectivity index (χ4v) is 2.71. The highest BCUT2D eigenvalue weighted by molar-refractivity contribution is 5.83. The molecule has 0 aromatic heterocycles. The van der Waals surface area contributed by atoms with E-state index in [1.807, 2.05) is 43.3 Å². The highest BCUT2D eigenvalue weighted by Gasteiger charge is 2.17. The number of nitrogens with zero attached hydrogens (tertiary/aromatic N) is 2. The molecule has 4 heteroatoms. The minimum absolute atomic E-state index is 0.173. The molecule has 3 nitrogen and oxygen atoms in total. The third-order valence-corrected chi connectivity index (χ3v) is 3.95. The zero-order valence-corrected chi connectivity index (χ0v) is 12.7. The Morgan fingerprint density at radius 2 is 1.86 bits per heavy atom. The highest BCUT2D eigenvalue weighted by atomic mass is 19.1. The first-order chi connectivity index (χ1) is 10.7. The molecule has 3 rings (SSSR count). The van der Waals surface area contributed by atoms with Gasteiger partial charge in [0.1, 0.15) is 5.82 Å². The van der Waals surface area contributed by atoms with Crippen molar-refractivity contribution in [3.63, 3.8) is 0 Å². The van der Waals surface area contributed by atoms with Gasteiger partial charge < -0.3 is 4.90 Å². The minimum Gasteiger partial charge on any atom is -0.369 e. The topological polar surface area (TPSA) is 27.6 Å². The fraction of sp³-hybridized carbons (Fsp3) is 0.278. The molecule has 0 aliphatic carbocycles. The molecule has 0 atom stereocenters. The van der Waals surface area contributed by atoms with Crippen molar-refractivity contribution in [2.45, 2.75) is 19.8 Å². The van der Waals surface area contributed by atoms with Gasteiger partial charge >= 0.3 is 0 Å². The quantitative estimate of drug-likeness (QED) is 0.677. The van der Waals surface area contributed by atoms with E-state index in [0.29, 0.717) is 5.69 Å². The van der Waals surface area contributed by atoms with E-state index >= 15 is 0 Å². The van der Waals surface area contributed by atoms with Crippen LogP contribution in [0.5, 0.6) is 0 Å². The summed E-state index contributed by atoms with van der Waals surface area (Å²) in [6.07, 6.45) is 3.95. The van der Waals surface area contributed by atoms with Gasteiger partial charge in [0.05, 0.1) is 17.6 Å². The predicted octanol–water partition coefficient (Wildman–Crippen LogP) is 4.18. The Morgan fingerprint density at radius 3 is 2.59 bits per heavy atom. The molecule has 2 aromatic carbocycles. The molecule has 0 spiro atoms. The van der Waals surface area contributed by atoms with E-state index in [9.17, 15) is 4.39 Å². The average molecular weight is 297 g/mol. The Morgan fingerprint density at radius 1 is 1.14 bits per heavy atom. The van der Waals surface area contributed by atoms with E-state index in [1.54, 1.807) is 12.3 Å². The number of para-hydroxylation sites is 1. The van der Waals surface area contributed by atoms with Gasteiger partial charge in [0.25, 0.3) is 0 Å². The van der Waals surface area contributed by atoms with E-state index in [1.165, 1.54) is 0 Å². The van der Waals surface area contributed by atoms with Gasteiger partial charge in [-0.3, -0.25) is 5.43 Å². The van der Waals surface area contributed by atoms with Crippen molar-refractivity contribution in [2.24, 2.45) is 5.10 Å². The molecule has 0 unspecified atom stereocenters. The van der Waals surface area contributed by atoms with E-state index in [0.717, 1.165) is 42.7 Å². The first kappa shape index (κ1) is 14.6. The molecular formula is C18H20FN3. The molecule has 0 radical (unpaired) electrons. The summed E-state index contributed by atoms with van der Waals surface area (Å²) < 4.78 is 14.3.